The van der Waals surface area contributed by atoms with E-state index in [1.54, 1.807) is 6.26 Å². The quantitative estimate of drug-likeness (QED) is 0.709. The summed E-state index contributed by atoms with van der Waals surface area (Å²) in [4.78, 5) is 21.6. The van der Waals surface area contributed by atoms with Crippen molar-refractivity contribution >= 4 is 11.6 Å². The first-order chi connectivity index (χ1) is 13.1. The van der Waals surface area contributed by atoms with Gasteiger partial charge in [0.1, 0.15) is 5.76 Å². The third-order valence-corrected chi connectivity index (χ3v) is 4.91. The Morgan fingerprint density at radius 3 is 2.37 bits per heavy atom. The Hall–Kier alpha value is -3.08. The number of aromatic nitrogens is 1. The third kappa shape index (κ3) is 3.72. The number of anilines is 1. The van der Waals surface area contributed by atoms with Crippen molar-refractivity contribution in [3.63, 3.8) is 0 Å². The van der Waals surface area contributed by atoms with E-state index < -0.39 is 0 Å². The van der Waals surface area contributed by atoms with Crippen LogP contribution < -0.4 is 4.90 Å². The molecule has 0 unspecified atom stereocenters. The van der Waals surface area contributed by atoms with Crippen molar-refractivity contribution in [1.82, 2.24) is 9.88 Å². The minimum atomic E-state index is 0.0742. The molecule has 0 spiro atoms. The second kappa shape index (κ2) is 7.27. The van der Waals surface area contributed by atoms with Gasteiger partial charge in [-0.15, -0.1) is 0 Å². The number of pyridine rings is 1. The van der Waals surface area contributed by atoms with Gasteiger partial charge in [0.05, 0.1) is 6.26 Å². The zero-order valence-corrected chi connectivity index (χ0v) is 15.7. The van der Waals surface area contributed by atoms with Crippen molar-refractivity contribution in [2.24, 2.45) is 0 Å². The highest BCUT2D eigenvalue weighted by Gasteiger charge is 2.23. The van der Waals surface area contributed by atoms with Crippen molar-refractivity contribution in [2.75, 3.05) is 31.1 Å². The standard InChI is InChI=1S/C22H23N3O2/c1-16-13-20(14-17(2)23-16)24-8-10-25(11-9-24)22(26)19-6-3-5-18(15-19)21-7-4-12-27-21/h3-7,12-15H,8-11H2,1-2H3. The Kier molecular flexibility index (Phi) is 4.67. The summed E-state index contributed by atoms with van der Waals surface area (Å²) in [7, 11) is 0. The summed E-state index contributed by atoms with van der Waals surface area (Å²) in [6, 6.07) is 15.6. The van der Waals surface area contributed by atoms with Crippen LogP contribution in [0.2, 0.25) is 0 Å². The van der Waals surface area contributed by atoms with Crippen molar-refractivity contribution in [3.05, 3.63) is 71.7 Å². The van der Waals surface area contributed by atoms with Gasteiger partial charge < -0.3 is 14.2 Å². The van der Waals surface area contributed by atoms with E-state index in [9.17, 15) is 4.79 Å². The number of carbonyl (C=O) groups is 1. The summed E-state index contributed by atoms with van der Waals surface area (Å²) in [5.41, 5.74) is 4.86. The van der Waals surface area contributed by atoms with Crippen LogP contribution in [0.3, 0.4) is 0 Å². The van der Waals surface area contributed by atoms with Crippen LogP contribution in [-0.2, 0) is 0 Å². The number of amides is 1. The van der Waals surface area contributed by atoms with Crippen LogP contribution in [0.25, 0.3) is 11.3 Å². The number of piperazine rings is 1. The van der Waals surface area contributed by atoms with Crippen molar-refractivity contribution < 1.29 is 9.21 Å². The number of furan rings is 1. The molecule has 0 radical (unpaired) electrons. The molecule has 0 N–H and O–H groups in total. The van der Waals surface area contributed by atoms with E-state index in [0.717, 1.165) is 35.8 Å². The van der Waals surface area contributed by atoms with Crippen LogP contribution in [0.4, 0.5) is 5.69 Å². The molecule has 138 valence electrons. The van der Waals surface area contributed by atoms with E-state index in [-0.39, 0.29) is 5.91 Å². The molecule has 1 aromatic carbocycles. The fourth-order valence-electron chi connectivity index (χ4n) is 3.59. The van der Waals surface area contributed by atoms with Crippen LogP contribution in [0.1, 0.15) is 21.7 Å². The SMILES string of the molecule is Cc1cc(N2CCN(C(=O)c3cccc(-c4ccco4)c3)CC2)cc(C)n1. The monoisotopic (exact) mass is 361 g/mol. The fraction of sp³-hybridized carbons (Fsp3) is 0.273. The van der Waals surface area contributed by atoms with Crippen molar-refractivity contribution in [3.8, 4) is 11.3 Å². The van der Waals surface area contributed by atoms with Crippen LogP contribution in [0.15, 0.2) is 59.2 Å². The maximum Gasteiger partial charge on any atom is 0.253 e. The number of hydrogen-bond acceptors (Lipinski definition) is 4. The number of rotatable bonds is 3. The number of aryl methyl sites for hydroxylation is 2. The zero-order chi connectivity index (χ0) is 18.8. The summed E-state index contributed by atoms with van der Waals surface area (Å²) in [6.07, 6.45) is 1.64. The Morgan fingerprint density at radius 2 is 1.70 bits per heavy atom. The molecule has 1 amide bonds. The summed E-state index contributed by atoms with van der Waals surface area (Å²) in [5.74, 6) is 0.850. The number of carbonyl (C=O) groups excluding carboxylic acids is 1. The van der Waals surface area contributed by atoms with Gasteiger partial charge in [-0.1, -0.05) is 12.1 Å². The molecular formula is C22H23N3O2. The number of benzene rings is 1. The lowest BCUT2D eigenvalue weighted by Crippen LogP contribution is -2.48. The van der Waals surface area contributed by atoms with Gasteiger partial charge >= 0.3 is 0 Å². The zero-order valence-electron chi connectivity index (χ0n) is 15.7. The lowest BCUT2D eigenvalue weighted by Gasteiger charge is -2.36. The molecule has 3 aromatic rings. The van der Waals surface area contributed by atoms with E-state index in [0.29, 0.717) is 18.7 Å². The highest BCUT2D eigenvalue weighted by atomic mass is 16.3. The van der Waals surface area contributed by atoms with Crippen LogP contribution in [-0.4, -0.2) is 42.0 Å². The normalized spacial score (nSPS) is 14.4. The van der Waals surface area contributed by atoms with Gasteiger partial charge in [-0.25, -0.2) is 0 Å². The summed E-state index contributed by atoms with van der Waals surface area (Å²) in [5, 5.41) is 0. The smallest absolute Gasteiger partial charge is 0.253 e. The fourth-order valence-corrected chi connectivity index (χ4v) is 3.59. The molecule has 0 bridgehead atoms. The van der Waals surface area contributed by atoms with Crippen molar-refractivity contribution in [2.45, 2.75) is 13.8 Å². The summed E-state index contributed by atoms with van der Waals surface area (Å²) >= 11 is 0. The molecule has 5 heteroatoms. The second-order valence-corrected chi connectivity index (χ2v) is 6.95. The van der Waals surface area contributed by atoms with Gasteiger partial charge in [-0.2, -0.15) is 0 Å². The molecule has 3 heterocycles. The maximum atomic E-state index is 12.9. The van der Waals surface area contributed by atoms with Gasteiger partial charge in [0.2, 0.25) is 0 Å². The predicted octanol–water partition coefficient (Wildman–Crippen LogP) is 3.92. The molecule has 0 saturated carbocycles. The first-order valence-electron chi connectivity index (χ1n) is 9.23. The average Bonchev–Trinajstić information content (AvgIpc) is 3.22. The lowest BCUT2D eigenvalue weighted by molar-refractivity contribution is 0.0747. The van der Waals surface area contributed by atoms with Crippen LogP contribution in [0, 0.1) is 13.8 Å². The van der Waals surface area contributed by atoms with Crippen LogP contribution >= 0.6 is 0 Å². The molecular weight excluding hydrogens is 338 g/mol. The lowest BCUT2D eigenvalue weighted by atomic mass is 10.1. The van der Waals surface area contributed by atoms with Crippen molar-refractivity contribution in [1.29, 1.82) is 0 Å². The molecule has 1 aliphatic heterocycles. The first-order valence-corrected chi connectivity index (χ1v) is 9.23. The Labute approximate surface area is 159 Å². The minimum absolute atomic E-state index is 0.0742. The average molecular weight is 361 g/mol. The molecule has 1 saturated heterocycles. The van der Waals surface area contributed by atoms with E-state index in [1.165, 1.54) is 5.69 Å². The van der Waals surface area contributed by atoms with E-state index in [4.69, 9.17) is 4.42 Å². The molecule has 1 fully saturated rings. The largest absolute Gasteiger partial charge is 0.464 e. The van der Waals surface area contributed by atoms with E-state index in [2.05, 4.69) is 22.0 Å². The summed E-state index contributed by atoms with van der Waals surface area (Å²) < 4.78 is 5.45. The highest BCUT2D eigenvalue weighted by Crippen LogP contribution is 2.23. The molecule has 27 heavy (non-hydrogen) atoms. The molecule has 2 aromatic heterocycles. The van der Waals surface area contributed by atoms with Gasteiger partial charge in [0, 0.05) is 54.4 Å². The van der Waals surface area contributed by atoms with Gasteiger partial charge in [0.15, 0.2) is 0 Å². The van der Waals surface area contributed by atoms with E-state index in [1.807, 2.05) is 55.1 Å². The Morgan fingerprint density at radius 1 is 0.963 bits per heavy atom. The molecule has 5 nitrogen and oxygen atoms in total. The Bertz CT molecular complexity index is 922. The predicted molar refractivity (Wildman–Crippen MR) is 106 cm³/mol. The minimum Gasteiger partial charge on any atom is -0.464 e. The maximum absolute atomic E-state index is 12.9. The third-order valence-electron chi connectivity index (χ3n) is 4.91. The Balaban J connectivity index is 1.45. The van der Waals surface area contributed by atoms with Crippen LogP contribution in [0.5, 0.6) is 0 Å². The molecule has 4 rings (SSSR count). The van der Waals surface area contributed by atoms with Gasteiger partial charge in [-0.05, 0) is 50.2 Å². The first kappa shape index (κ1) is 17.3. The topological polar surface area (TPSA) is 49.6 Å². The highest BCUT2D eigenvalue weighted by molar-refractivity contribution is 5.95. The van der Waals surface area contributed by atoms with Gasteiger partial charge in [0.25, 0.3) is 5.91 Å². The number of hydrogen-bond donors (Lipinski definition) is 0. The second-order valence-electron chi connectivity index (χ2n) is 6.95. The molecule has 1 aliphatic rings. The van der Waals surface area contributed by atoms with Gasteiger partial charge in [-0.3, -0.25) is 9.78 Å². The molecule has 0 aliphatic carbocycles. The van der Waals surface area contributed by atoms with E-state index >= 15 is 0 Å². The number of nitrogens with zero attached hydrogens (tertiary/aromatic N) is 3. The summed E-state index contributed by atoms with van der Waals surface area (Å²) in [6.45, 7) is 7.11. The molecule has 0 atom stereocenters.